The number of carbonyl (C=O) groups excluding carboxylic acids is 2. The van der Waals surface area contributed by atoms with Gasteiger partial charge in [0.15, 0.2) is 0 Å². The van der Waals surface area contributed by atoms with E-state index in [2.05, 4.69) is 15.1 Å². The topological polar surface area (TPSA) is 87.0 Å². The molecule has 3 rings (SSSR count). The molecule has 0 radical (unpaired) electrons. The fourth-order valence-corrected chi connectivity index (χ4v) is 2.56. The molecule has 0 aliphatic rings. The second-order valence-electron chi connectivity index (χ2n) is 5.18. The van der Waals surface area contributed by atoms with Crippen molar-refractivity contribution in [2.75, 3.05) is 6.61 Å². The van der Waals surface area contributed by atoms with E-state index < -0.39 is 5.97 Å². The summed E-state index contributed by atoms with van der Waals surface area (Å²) in [5, 5.41) is 4.18. The van der Waals surface area contributed by atoms with Crippen LogP contribution >= 0.6 is 11.6 Å². The minimum Gasteiger partial charge on any atom is -0.460 e. The molecule has 0 saturated carbocycles. The van der Waals surface area contributed by atoms with Gasteiger partial charge in [0.2, 0.25) is 5.78 Å². The molecule has 7 nitrogen and oxygen atoms in total. The molecule has 0 aliphatic carbocycles. The van der Waals surface area contributed by atoms with Crippen LogP contribution in [0.5, 0.6) is 0 Å². The van der Waals surface area contributed by atoms with Crippen LogP contribution in [0.1, 0.15) is 39.4 Å². The van der Waals surface area contributed by atoms with Gasteiger partial charge in [-0.3, -0.25) is 9.78 Å². The van der Waals surface area contributed by atoms with Gasteiger partial charge in [0.1, 0.15) is 11.5 Å². The zero-order valence-corrected chi connectivity index (χ0v) is 14.7. The van der Waals surface area contributed by atoms with Crippen LogP contribution in [0.25, 0.3) is 5.69 Å². The number of pyridine rings is 1. The van der Waals surface area contributed by atoms with Crippen LogP contribution in [-0.2, 0) is 10.6 Å². The second-order valence-corrected chi connectivity index (χ2v) is 5.45. The van der Waals surface area contributed by atoms with Crippen molar-refractivity contribution < 1.29 is 14.3 Å². The highest BCUT2D eigenvalue weighted by molar-refractivity contribution is 6.16. The van der Waals surface area contributed by atoms with Crippen molar-refractivity contribution in [2.24, 2.45) is 0 Å². The average Bonchev–Trinajstić information content (AvgIpc) is 3.13. The Kier molecular flexibility index (Phi) is 5.38. The number of esters is 1. The van der Waals surface area contributed by atoms with Crippen LogP contribution in [0, 0.1) is 0 Å². The van der Waals surface area contributed by atoms with E-state index in [1.807, 2.05) is 0 Å². The maximum Gasteiger partial charge on any atom is 0.378 e. The fourth-order valence-electron chi connectivity index (χ4n) is 2.39. The maximum atomic E-state index is 12.8. The standard InChI is InChI=1S/C18H15ClN4O3/c1-2-26-18(25)17-21-15(11-19)23(22-17)14-9-4-3-7-12(14)16(24)13-8-5-6-10-20-13/h3-10H,2,11H2,1H3. The number of nitrogens with zero attached hydrogens (tertiary/aromatic N) is 4. The van der Waals surface area contributed by atoms with E-state index in [-0.39, 0.29) is 24.1 Å². The molecule has 0 amide bonds. The monoisotopic (exact) mass is 370 g/mol. The molecule has 8 heteroatoms. The lowest BCUT2D eigenvalue weighted by Crippen LogP contribution is -2.12. The number of para-hydroxylation sites is 1. The average molecular weight is 371 g/mol. The number of hydrogen-bond acceptors (Lipinski definition) is 6. The molecule has 26 heavy (non-hydrogen) atoms. The van der Waals surface area contributed by atoms with Crippen LogP contribution < -0.4 is 0 Å². The number of rotatable bonds is 6. The van der Waals surface area contributed by atoms with Gasteiger partial charge in [-0.05, 0) is 31.2 Å². The van der Waals surface area contributed by atoms with Crippen LogP contribution in [-0.4, -0.2) is 38.1 Å². The molecular weight excluding hydrogens is 356 g/mol. The highest BCUT2D eigenvalue weighted by atomic mass is 35.5. The van der Waals surface area contributed by atoms with Crippen molar-refractivity contribution >= 4 is 23.4 Å². The number of ketones is 1. The Morgan fingerprint density at radius 1 is 1.15 bits per heavy atom. The lowest BCUT2D eigenvalue weighted by molar-refractivity contribution is 0.0512. The Morgan fingerprint density at radius 2 is 1.92 bits per heavy atom. The van der Waals surface area contributed by atoms with Gasteiger partial charge >= 0.3 is 5.97 Å². The van der Waals surface area contributed by atoms with Crippen LogP contribution in [0.2, 0.25) is 0 Å². The molecule has 3 aromatic rings. The number of hydrogen-bond donors (Lipinski definition) is 0. The minimum absolute atomic E-state index is 0.0124. The Balaban J connectivity index is 2.08. The molecule has 0 saturated heterocycles. The zero-order chi connectivity index (χ0) is 18.5. The van der Waals surface area contributed by atoms with Crippen LogP contribution in [0.15, 0.2) is 48.7 Å². The predicted molar refractivity (Wildman–Crippen MR) is 94.5 cm³/mol. The molecule has 0 fully saturated rings. The van der Waals surface area contributed by atoms with Gasteiger partial charge in [0, 0.05) is 11.8 Å². The van der Waals surface area contributed by atoms with Gasteiger partial charge in [-0.25, -0.2) is 14.5 Å². The normalized spacial score (nSPS) is 10.5. The third kappa shape index (κ3) is 3.48. The molecule has 0 spiro atoms. The van der Waals surface area contributed by atoms with E-state index in [1.54, 1.807) is 55.6 Å². The summed E-state index contributed by atoms with van der Waals surface area (Å²) in [5.41, 5.74) is 1.14. The van der Waals surface area contributed by atoms with Crippen molar-refractivity contribution in [3.63, 3.8) is 0 Å². The van der Waals surface area contributed by atoms with Gasteiger partial charge in [-0.2, -0.15) is 0 Å². The Morgan fingerprint density at radius 3 is 2.62 bits per heavy atom. The van der Waals surface area contributed by atoms with Gasteiger partial charge in [-0.1, -0.05) is 18.2 Å². The molecule has 2 aromatic heterocycles. The minimum atomic E-state index is -0.647. The van der Waals surface area contributed by atoms with Crippen molar-refractivity contribution in [2.45, 2.75) is 12.8 Å². The Labute approximate surface area is 154 Å². The summed E-state index contributed by atoms with van der Waals surface area (Å²) in [7, 11) is 0. The zero-order valence-electron chi connectivity index (χ0n) is 13.9. The van der Waals surface area contributed by atoms with E-state index in [4.69, 9.17) is 16.3 Å². The predicted octanol–water partition coefficient (Wildman–Crippen LogP) is 2.81. The van der Waals surface area contributed by atoms with E-state index in [0.29, 0.717) is 22.8 Å². The van der Waals surface area contributed by atoms with Crippen LogP contribution in [0.4, 0.5) is 0 Å². The summed E-state index contributed by atoms with van der Waals surface area (Å²) in [6.45, 7) is 1.90. The number of ether oxygens (including phenoxy) is 1. The van der Waals surface area contributed by atoms with Gasteiger partial charge in [0.05, 0.1) is 18.2 Å². The van der Waals surface area contributed by atoms with Gasteiger partial charge < -0.3 is 4.74 Å². The first-order valence-electron chi connectivity index (χ1n) is 7.89. The number of benzene rings is 1. The molecule has 0 bridgehead atoms. The Bertz CT molecular complexity index is 941. The number of alkyl halides is 1. The molecule has 0 aliphatic heterocycles. The summed E-state index contributed by atoms with van der Waals surface area (Å²) in [5.74, 6) is -0.682. The fraction of sp³-hybridized carbons (Fsp3) is 0.167. The smallest absolute Gasteiger partial charge is 0.378 e. The lowest BCUT2D eigenvalue weighted by atomic mass is 10.1. The second kappa shape index (κ2) is 7.88. The summed E-state index contributed by atoms with van der Waals surface area (Å²) in [6.07, 6.45) is 1.55. The summed E-state index contributed by atoms with van der Waals surface area (Å²) in [4.78, 5) is 33.0. The van der Waals surface area contributed by atoms with Crippen molar-refractivity contribution in [3.8, 4) is 5.69 Å². The lowest BCUT2D eigenvalue weighted by Gasteiger charge is -2.09. The molecule has 1 aromatic carbocycles. The van der Waals surface area contributed by atoms with Crippen molar-refractivity contribution in [3.05, 3.63) is 71.6 Å². The number of halogens is 1. The number of carbonyl (C=O) groups is 2. The van der Waals surface area contributed by atoms with Gasteiger partial charge in [-0.15, -0.1) is 16.7 Å². The summed E-state index contributed by atoms with van der Waals surface area (Å²) >= 11 is 5.95. The van der Waals surface area contributed by atoms with E-state index in [1.165, 1.54) is 4.68 Å². The SMILES string of the molecule is CCOC(=O)c1nc(CCl)n(-c2ccccc2C(=O)c2ccccn2)n1. The van der Waals surface area contributed by atoms with Crippen LogP contribution in [0.3, 0.4) is 0 Å². The first kappa shape index (κ1) is 17.8. The quantitative estimate of drug-likeness (QED) is 0.376. The maximum absolute atomic E-state index is 12.8. The van der Waals surface area contributed by atoms with E-state index >= 15 is 0 Å². The molecule has 0 unspecified atom stereocenters. The van der Waals surface area contributed by atoms with Crippen molar-refractivity contribution in [1.29, 1.82) is 0 Å². The third-order valence-electron chi connectivity index (χ3n) is 3.53. The first-order valence-corrected chi connectivity index (χ1v) is 8.43. The van der Waals surface area contributed by atoms with E-state index in [9.17, 15) is 9.59 Å². The molecule has 2 heterocycles. The summed E-state index contributed by atoms with van der Waals surface area (Å²) < 4.78 is 6.31. The largest absolute Gasteiger partial charge is 0.460 e. The molecule has 132 valence electrons. The van der Waals surface area contributed by atoms with Crippen molar-refractivity contribution in [1.82, 2.24) is 19.7 Å². The highest BCUT2D eigenvalue weighted by Crippen LogP contribution is 2.20. The highest BCUT2D eigenvalue weighted by Gasteiger charge is 2.22. The molecular formula is C18H15ClN4O3. The molecule has 0 N–H and O–H groups in total. The number of aromatic nitrogens is 4. The van der Waals surface area contributed by atoms with E-state index in [0.717, 1.165) is 0 Å². The van der Waals surface area contributed by atoms with Gasteiger partial charge in [0.25, 0.3) is 5.82 Å². The first-order chi connectivity index (χ1) is 12.7. The molecule has 0 atom stereocenters. The Hall–Kier alpha value is -3.06. The third-order valence-corrected chi connectivity index (χ3v) is 3.77. The summed E-state index contributed by atoms with van der Waals surface area (Å²) in [6, 6.07) is 12.0.